The van der Waals surface area contributed by atoms with Crippen LogP contribution in [0.1, 0.15) is 25.1 Å². The van der Waals surface area contributed by atoms with Gasteiger partial charge in [0.15, 0.2) is 0 Å². The van der Waals surface area contributed by atoms with Crippen LogP contribution in [0.15, 0.2) is 28.1 Å². The topological polar surface area (TPSA) is 93.6 Å². The Labute approximate surface area is 115 Å². The lowest BCUT2D eigenvalue weighted by atomic mass is 10.2. The van der Waals surface area contributed by atoms with Crippen molar-refractivity contribution < 1.29 is 14.6 Å². The van der Waals surface area contributed by atoms with E-state index in [0.717, 1.165) is 0 Å². The van der Waals surface area contributed by atoms with Crippen molar-refractivity contribution in [2.45, 2.75) is 38.7 Å². The number of ether oxygens (including phenoxy) is 2. The van der Waals surface area contributed by atoms with E-state index in [4.69, 9.17) is 9.47 Å². The number of nitrogens with zero attached hydrogens (tertiary/aromatic N) is 1. The first-order valence-corrected chi connectivity index (χ1v) is 6.41. The van der Waals surface area contributed by atoms with E-state index in [0.29, 0.717) is 12.0 Å². The van der Waals surface area contributed by atoms with Gasteiger partial charge in [-0.25, -0.2) is 4.79 Å². The SMILES string of the molecule is C/C=C/O[C@H]1C[C@H](n2cc(C)c(=O)[nH]c2=O)O[C@@H]1CO. The van der Waals surface area contributed by atoms with Gasteiger partial charge in [0.1, 0.15) is 18.4 Å². The smallest absolute Gasteiger partial charge is 0.330 e. The monoisotopic (exact) mass is 282 g/mol. The summed E-state index contributed by atoms with van der Waals surface area (Å²) in [6.45, 7) is 3.23. The molecule has 110 valence electrons. The lowest BCUT2D eigenvalue weighted by Crippen LogP contribution is -2.33. The van der Waals surface area contributed by atoms with Gasteiger partial charge in [0.25, 0.3) is 5.56 Å². The number of hydrogen-bond donors (Lipinski definition) is 2. The van der Waals surface area contributed by atoms with Gasteiger partial charge in [-0.2, -0.15) is 0 Å². The maximum atomic E-state index is 11.8. The van der Waals surface area contributed by atoms with Crippen molar-refractivity contribution >= 4 is 0 Å². The number of aliphatic hydroxyl groups excluding tert-OH is 1. The van der Waals surface area contributed by atoms with Gasteiger partial charge in [-0.1, -0.05) is 6.08 Å². The lowest BCUT2D eigenvalue weighted by molar-refractivity contribution is -0.0481. The Hall–Kier alpha value is -1.86. The van der Waals surface area contributed by atoms with Gasteiger partial charge in [0, 0.05) is 18.2 Å². The van der Waals surface area contributed by atoms with Crippen molar-refractivity contribution in [1.82, 2.24) is 9.55 Å². The Kier molecular flexibility index (Phi) is 4.41. The van der Waals surface area contributed by atoms with Crippen molar-refractivity contribution in [2.75, 3.05) is 6.61 Å². The number of aryl methyl sites for hydroxylation is 1. The molecular weight excluding hydrogens is 264 g/mol. The highest BCUT2D eigenvalue weighted by atomic mass is 16.6. The van der Waals surface area contributed by atoms with E-state index in [1.165, 1.54) is 17.0 Å². The van der Waals surface area contributed by atoms with Crippen molar-refractivity contribution in [3.8, 4) is 0 Å². The summed E-state index contributed by atoms with van der Waals surface area (Å²) in [5.41, 5.74) is -0.523. The molecular formula is C13H18N2O5. The zero-order valence-electron chi connectivity index (χ0n) is 11.4. The normalized spacial score (nSPS) is 26.2. The van der Waals surface area contributed by atoms with Crippen LogP contribution in [0, 0.1) is 6.92 Å². The minimum atomic E-state index is -0.564. The fourth-order valence-corrected chi connectivity index (χ4v) is 2.16. The molecule has 0 unspecified atom stereocenters. The molecule has 1 aromatic rings. The van der Waals surface area contributed by atoms with Crippen LogP contribution in [0.2, 0.25) is 0 Å². The predicted molar refractivity (Wildman–Crippen MR) is 71.4 cm³/mol. The molecule has 3 atom stereocenters. The van der Waals surface area contributed by atoms with Crippen LogP contribution >= 0.6 is 0 Å². The summed E-state index contributed by atoms with van der Waals surface area (Å²) >= 11 is 0. The Bertz CT molecular complexity index is 604. The molecule has 1 aliphatic heterocycles. The number of aliphatic hydroxyl groups is 1. The second kappa shape index (κ2) is 6.06. The lowest BCUT2D eigenvalue weighted by Gasteiger charge is -2.15. The fourth-order valence-electron chi connectivity index (χ4n) is 2.16. The highest BCUT2D eigenvalue weighted by Gasteiger charge is 2.37. The van der Waals surface area contributed by atoms with E-state index in [2.05, 4.69) is 4.98 Å². The Morgan fingerprint density at radius 3 is 3.00 bits per heavy atom. The van der Waals surface area contributed by atoms with E-state index in [-0.39, 0.29) is 12.7 Å². The second-order valence-electron chi connectivity index (χ2n) is 4.67. The Balaban J connectivity index is 2.25. The van der Waals surface area contributed by atoms with Crippen molar-refractivity contribution in [3.05, 3.63) is 44.9 Å². The molecule has 20 heavy (non-hydrogen) atoms. The average Bonchev–Trinajstić information content (AvgIpc) is 2.83. The predicted octanol–water partition coefficient (Wildman–Crippen LogP) is 0.0436. The number of nitrogens with one attached hydrogen (secondary N) is 1. The molecule has 7 nitrogen and oxygen atoms in total. The molecule has 2 rings (SSSR count). The highest BCUT2D eigenvalue weighted by molar-refractivity contribution is 5.02. The molecule has 0 aromatic carbocycles. The molecule has 1 aliphatic rings. The van der Waals surface area contributed by atoms with Gasteiger partial charge in [-0.05, 0) is 13.8 Å². The molecule has 1 saturated heterocycles. The van der Waals surface area contributed by atoms with Crippen LogP contribution in [0.3, 0.4) is 0 Å². The minimum Gasteiger partial charge on any atom is -0.495 e. The number of aromatic nitrogens is 2. The van der Waals surface area contributed by atoms with Gasteiger partial charge in [0.2, 0.25) is 0 Å². The van der Waals surface area contributed by atoms with E-state index in [9.17, 15) is 14.7 Å². The molecule has 2 heterocycles. The quantitative estimate of drug-likeness (QED) is 0.761. The zero-order valence-corrected chi connectivity index (χ0v) is 11.4. The van der Waals surface area contributed by atoms with Crippen LogP contribution in [-0.2, 0) is 9.47 Å². The average molecular weight is 282 g/mol. The Morgan fingerprint density at radius 2 is 2.35 bits per heavy atom. The maximum absolute atomic E-state index is 11.8. The molecule has 0 radical (unpaired) electrons. The molecule has 0 amide bonds. The number of H-pyrrole nitrogens is 1. The van der Waals surface area contributed by atoms with E-state index in [1.54, 1.807) is 13.0 Å². The first-order chi connectivity index (χ1) is 9.56. The third kappa shape index (κ3) is 2.83. The maximum Gasteiger partial charge on any atom is 0.330 e. The molecule has 0 aliphatic carbocycles. The third-order valence-corrected chi connectivity index (χ3v) is 3.21. The first kappa shape index (κ1) is 14.5. The largest absolute Gasteiger partial charge is 0.495 e. The summed E-state index contributed by atoms with van der Waals surface area (Å²) in [7, 11) is 0. The van der Waals surface area contributed by atoms with E-state index < -0.39 is 23.6 Å². The second-order valence-corrected chi connectivity index (χ2v) is 4.67. The molecule has 1 aromatic heterocycles. The van der Waals surface area contributed by atoms with Gasteiger partial charge in [0.05, 0.1) is 12.9 Å². The molecule has 0 spiro atoms. The van der Waals surface area contributed by atoms with Crippen LogP contribution in [-0.4, -0.2) is 33.5 Å². The van der Waals surface area contributed by atoms with Crippen LogP contribution in [0.4, 0.5) is 0 Å². The fraction of sp³-hybridized carbons (Fsp3) is 0.538. The number of allylic oxidation sites excluding steroid dienone is 1. The standard InChI is InChI=1S/C13H18N2O5/c1-3-4-19-9-5-11(20-10(9)7-16)15-6-8(2)12(17)14-13(15)18/h3-4,6,9-11,16H,5,7H2,1-2H3,(H,14,17,18)/b4-3+/t9-,10+,11+/m0/s1. The number of hydrogen-bond acceptors (Lipinski definition) is 5. The highest BCUT2D eigenvalue weighted by Crippen LogP contribution is 2.29. The van der Waals surface area contributed by atoms with E-state index >= 15 is 0 Å². The molecule has 7 heteroatoms. The molecule has 0 bridgehead atoms. The number of rotatable bonds is 4. The number of aromatic amines is 1. The Morgan fingerprint density at radius 1 is 1.60 bits per heavy atom. The summed E-state index contributed by atoms with van der Waals surface area (Å²) in [5.74, 6) is 0. The molecule has 2 N–H and O–H groups in total. The molecule has 1 fully saturated rings. The van der Waals surface area contributed by atoms with Crippen LogP contribution in [0.5, 0.6) is 0 Å². The van der Waals surface area contributed by atoms with Crippen molar-refractivity contribution in [3.63, 3.8) is 0 Å². The van der Waals surface area contributed by atoms with Gasteiger partial charge >= 0.3 is 5.69 Å². The zero-order chi connectivity index (χ0) is 14.7. The minimum absolute atomic E-state index is 0.199. The summed E-state index contributed by atoms with van der Waals surface area (Å²) in [5, 5.41) is 9.29. The summed E-state index contributed by atoms with van der Waals surface area (Å²) in [4.78, 5) is 25.4. The third-order valence-electron chi connectivity index (χ3n) is 3.21. The molecule has 0 saturated carbocycles. The van der Waals surface area contributed by atoms with Gasteiger partial charge < -0.3 is 14.6 Å². The van der Waals surface area contributed by atoms with Crippen LogP contribution in [0.25, 0.3) is 0 Å². The van der Waals surface area contributed by atoms with Crippen molar-refractivity contribution in [2.24, 2.45) is 0 Å². The summed E-state index contributed by atoms with van der Waals surface area (Å²) in [6, 6.07) is 0. The first-order valence-electron chi connectivity index (χ1n) is 6.41. The van der Waals surface area contributed by atoms with Gasteiger partial charge in [-0.15, -0.1) is 0 Å². The van der Waals surface area contributed by atoms with Crippen molar-refractivity contribution in [1.29, 1.82) is 0 Å². The van der Waals surface area contributed by atoms with Gasteiger partial charge in [-0.3, -0.25) is 14.3 Å². The van der Waals surface area contributed by atoms with Crippen LogP contribution < -0.4 is 11.2 Å². The van der Waals surface area contributed by atoms with E-state index in [1.807, 2.05) is 6.92 Å². The summed E-state index contributed by atoms with van der Waals surface area (Å²) < 4.78 is 12.4. The summed E-state index contributed by atoms with van der Waals surface area (Å²) in [6.07, 6.45) is 3.73.